The number of nitrogens with zero attached hydrogens (tertiary/aromatic N) is 4. The summed E-state index contributed by atoms with van der Waals surface area (Å²) in [5, 5.41) is 4.58. The molecule has 0 aliphatic heterocycles. The van der Waals surface area contributed by atoms with E-state index in [0.29, 0.717) is 17.5 Å². The first-order valence-electron chi connectivity index (χ1n) is 18.8. The van der Waals surface area contributed by atoms with Gasteiger partial charge < -0.3 is 8.98 Å². The van der Waals surface area contributed by atoms with Crippen molar-refractivity contribution in [3.8, 4) is 62.1 Å². The van der Waals surface area contributed by atoms with E-state index in [-0.39, 0.29) is 0 Å². The molecular formula is C51H32N4O. The van der Waals surface area contributed by atoms with Crippen LogP contribution in [-0.2, 0) is 0 Å². The standard InChI is InChI=1S/C51H32N4O/c1-4-14-33(15-5-1)36-26-28-42-41-22-10-11-24-44(41)55(45(42)31-36)39-27-29-43-47(32-39)56-46-25-13-23-40(48(43)46)37-20-12-21-38(30-37)51-53-49(34-16-6-2-7-17-34)52-50(54-51)35-18-8-3-9-19-35/h1-32H. The van der Waals surface area contributed by atoms with Crippen LogP contribution in [0.15, 0.2) is 199 Å². The Morgan fingerprint density at radius 2 is 0.911 bits per heavy atom. The van der Waals surface area contributed by atoms with Gasteiger partial charge in [0.1, 0.15) is 11.2 Å². The number of hydrogen-bond acceptors (Lipinski definition) is 4. The van der Waals surface area contributed by atoms with Crippen molar-refractivity contribution in [2.24, 2.45) is 0 Å². The molecule has 56 heavy (non-hydrogen) atoms. The molecule has 3 heterocycles. The van der Waals surface area contributed by atoms with E-state index >= 15 is 0 Å². The molecule has 0 unspecified atom stereocenters. The fourth-order valence-corrected chi connectivity index (χ4v) is 8.02. The molecule has 0 fully saturated rings. The van der Waals surface area contributed by atoms with Crippen molar-refractivity contribution < 1.29 is 4.42 Å². The van der Waals surface area contributed by atoms with Gasteiger partial charge in [0.05, 0.1) is 11.0 Å². The van der Waals surface area contributed by atoms with E-state index in [2.05, 4.69) is 138 Å². The van der Waals surface area contributed by atoms with Gasteiger partial charge >= 0.3 is 0 Å². The fourth-order valence-electron chi connectivity index (χ4n) is 8.02. The molecule has 3 aromatic heterocycles. The highest BCUT2D eigenvalue weighted by atomic mass is 16.3. The van der Waals surface area contributed by atoms with Crippen molar-refractivity contribution in [1.82, 2.24) is 19.5 Å². The minimum absolute atomic E-state index is 0.620. The minimum atomic E-state index is 0.620. The largest absolute Gasteiger partial charge is 0.456 e. The van der Waals surface area contributed by atoms with Gasteiger partial charge in [0, 0.05) is 50.0 Å². The third kappa shape index (κ3) is 5.37. The molecule has 0 saturated heterocycles. The number of rotatable bonds is 6. The van der Waals surface area contributed by atoms with Crippen LogP contribution in [0, 0.1) is 0 Å². The van der Waals surface area contributed by atoms with Crippen LogP contribution in [0.1, 0.15) is 0 Å². The van der Waals surface area contributed by atoms with E-state index in [1.54, 1.807) is 0 Å². The molecule has 0 spiro atoms. The van der Waals surface area contributed by atoms with Gasteiger partial charge in [0.15, 0.2) is 17.5 Å². The first-order chi connectivity index (χ1) is 27.7. The Bertz CT molecular complexity index is 3180. The summed E-state index contributed by atoms with van der Waals surface area (Å²) in [7, 11) is 0. The topological polar surface area (TPSA) is 56.7 Å². The molecule has 5 heteroatoms. The first kappa shape index (κ1) is 31.9. The summed E-state index contributed by atoms with van der Waals surface area (Å²) in [6.07, 6.45) is 0. The summed E-state index contributed by atoms with van der Waals surface area (Å²) in [5.74, 6) is 1.89. The van der Waals surface area contributed by atoms with E-state index in [0.717, 1.165) is 66.5 Å². The summed E-state index contributed by atoms with van der Waals surface area (Å²) in [4.78, 5) is 14.9. The molecule has 11 rings (SSSR count). The molecule has 0 saturated carbocycles. The number of benzene rings is 8. The lowest BCUT2D eigenvalue weighted by molar-refractivity contribution is 0.668. The molecular weight excluding hydrogens is 685 g/mol. The summed E-state index contributed by atoms with van der Waals surface area (Å²) in [6, 6.07) is 67.4. The predicted molar refractivity (Wildman–Crippen MR) is 229 cm³/mol. The number of furan rings is 1. The highest BCUT2D eigenvalue weighted by Crippen LogP contribution is 2.40. The molecule has 11 aromatic rings. The van der Waals surface area contributed by atoms with Crippen molar-refractivity contribution in [3.05, 3.63) is 194 Å². The number of fused-ring (bicyclic) bond motifs is 6. The maximum absolute atomic E-state index is 6.67. The highest BCUT2D eigenvalue weighted by molar-refractivity contribution is 6.14. The molecule has 0 aliphatic rings. The summed E-state index contributed by atoms with van der Waals surface area (Å²) in [6.45, 7) is 0. The van der Waals surface area contributed by atoms with Crippen LogP contribution in [0.5, 0.6) is 0 Å². The van der Waals surface area contributed by atoms with Gasteiger partial charge in [-0.15, -0.1) is 0 Å². The van der Waals surface area contributed by atoms with Crippen LogP contribution >= 0.6 is 0 Å². The first-order valence-corrected chi connectivity index (χ1v) is 18.8. The van der Waals surface area contributed by atoms with Gasteiger partial charge in [-0.25, -0.2) is 15.0 Å². The predicted octanol–water partition coefficient (Wildman–Crippen LogP) is 13.2. The molecule has 0 atom stereocenters. The molecule has 0 amide bonds. The maximum Gasteiger partial charge on any atom is 0.164 e. The molecule has 8 aromatic carbocycles. The van der Waals surface area contributed by atoms with Crippen LogP contribution in [0.3, 0.4) is 0 Å². The number of hydrogen-bond donors (Lipinski definition) is 0. The van der Waals surface area contributed by atoms with Crippen LogP contribution in [0.25, 0.3) is 106 Å². The Morgan fingerprint density at radius 3 is 1.64 bits per heavy atom. The van der Waals surface area contributed by atoms with Crippen molar-refractivity contribution in [1.29, 1.82) is 0 Å². The Morgan fingerprint density at radius 1 is 0.339 bits per heavy atom. The SMILES string of the molecule is c1ccc(-c2ccc3c4ccccc4n(-c4ccc5c(c4)oc4cccc(-c6cccc(-c7nc(-c8ccccc8)nc(-c8ccccc8)n7)c6)c45)c3c2)cc1. The normalized spacial score (nSPS) is 11.6. The molecule has 0 radical (unpaired) electrons. The third-order valence-electron chi connectivity index (χ3n) is 10.7. The average Bonchev–Trinajstić information content (AvgIpc) is 3.82. The summed E-state index contributed by atoms with van der Waals surface area (Å²) < 4.78 is 9.03. The average molecular weight is 717 g/mol. The number of para-hydroxylation sites is 1. The Hall–Kier alpha value is -7.63. The molecule has 0 bridgehead atoms. The van der Waals surface area contributed by atoms with E-state index in [4.69, 9.17) is 19.4 Å². The van der Waals surface area contributed by atoms with Crippen molar-refractivity contribution in [2.75, 3.05) is 0 Å². The summed E-state index contributed by atoms with van der Waals surface area (Å²) in [5.41, 5.74) is 12.3. The van der Waals surface area contributed by atoms with Gasteiger partial charge in [-0.3, -0.25) is 0 Å². The van der Waals surface area contributed by atoms with E-state index < -0.39 is 0 Å². The van der Waals surface area contributed by atoms with Gasteiger partial charge in [-0.05, 0) is 58.7 Å². The molecule has 5 nitrogen and oxygen atoms in total. The van der Waals surface area contributed by atoms with E-state index in [9.17, 15) is 0 Å². The van der Waals surface area contributed by atoms with Crippen LogP contribution < -0.4 is 0 Å². The second-order valence-corrected chi connectivity index (χ2v) is 14.0. The number of aromatic nitrogens is 4. The zero-order valence-electron chi connectivity index (χ0n) is 30.2. The third-order valence-corrected chi connectivity index (χ3v) is 10.7. The quantitative estimate of drug-likeness (QED) is 0.172. The van der Waals surface area contributed by atoms with Gasteiger partial charge in [-0.1, -0.05) is 152 Å². The second kappa shape index (κ2) is 13.0. The molecule has 262 valence electrons. The molecule has 0 aliphatic carbocycles. The smallest absolute Gasteiger partial charge is 0.164 e. The Labute approximate surface area is 322 Å². The fraction of sp³-hybridized carbons (Fsp3) is 0. The van der Waals surface area contributed by atoms with Crippen LogP contribution in [-0.4, -0.2) is 19.5 Å². The maximum atomic E-state index is 6.67. The lowest BCUT2D eigenvalue weighted by atomic mass is 9.97. The Balaban J connectivity index is 1.04. The zero-order valence-corrected chi connectivity index (χ0v) is 30.2. The Kier molecular flexibility index (Phi) is 7.42. The van der Waals surface area contributed by atoms with E-state index in [1.165, 1.54) is 21.9 Å². The van der Waals surface area contributed by atoms with Gasteiger partial charge in [0.2, 0.25) is 0 Å². The van der Waals surface area contributed by atoms with Gasteiger partial charge in [-0.2, -0.15) is 0 Å². The van der Waals surface area contributed by atoms with Crippen molar-refractivity contribution in [3.63, 3.8) is 0 Å². The van der Waals surface area contributed by atoms with Crippen LogP contribution in [0.4, 0.5) is 0 Å². The monoisotopic (exact) mass is 716 g/mol. The minimum Gasteiger partial charge on any atom is -0.456 e. The van der Waals surface area contributed by atoms with Crippen molar-refractivity contribution in [2.45, 2.75) is 0 Å². The zero-order chi connectivity index (χ0) is 37.0. The summed E-state index contributed by atoms with van der Waals surface area (Å²) >= 11 is 0. The highest BCUT2D eigenvalue weighted by Gasteiger charge is 2.18. The van der Waals surface area contributed by atoms with Gasteiger partial charge in [0.25, 0.3) is 0 Å². The molecule has 0 N–H and O–H groups in total. The van der Waals surface area contributed by atoms with Crippen LogP contribution in [0.2, 0.25) is 0 Å². The van der Waals surface area contributed by atoms with E-state index in [1.807, 2.05) is 60.7 Å². The second-order valence-electron chi connectivity index (χ2n) is 14.0. The lowest BCUT2D eigenvalue weighted by Gasteiger charge is -2.10. The van der Waals surface area contributed by atoms with Crippen molar-refractivity contribution >= 4 is 43.7 Å². The lowest BCUT2D eigenvalue weighted by Crippen LogP contribution is -2.00.